The second kappa shape index (κ2) is 7.50. The number of hydrogen-bond acceptors (Lipinski definition) is 5. The van der Waals surface area contributed by atoms with E-state index < -0.39 is 0 Å². The molecule has 29 heavy (non-hydrogen) atoms. The number of aromatic amines is 1. The van der Waals surface area contributed by atoms with Crippen molar-refractivity contribution < 1.29 is 0 Å². The summed E-state index contributed by atoms with van der Waals surface area (Å²) in [7, 11) is 0. The second-order valence-electron chi connectivity index (χ2n) is 7.52. The molecular formula is C21H22ClN7. The largest absolute Gasteiger partial charge is 0.338 e. The Kier molecular flexibility index (Phi) is 4.69. The number of halogens is 1. The van der Waals surface area contributed by atoms with Gasteiger partial charge in [0.05, 0.1) is 17.6 Å². The Morgan fingerprint density at radius 3 is 2.79 bits per heavy atom. The third-order valence-corrected chi connectivity index (χ3v) is 5.56. The molecule has 148 valence electrons. The SMILES string of the molecule is Cc1cc(Cl)cc(Nc2n[nH]c3ncc(-c4cnn(C5CCNCC5)c4)cc23)c1. The molecule has 4 heterocycles. The summed E-state index contributed by atoms with van der Waals surface area (Å²) in [6, 6.07) is 8.39. The van der Waals surface area contributed by atoms with Crippen molar-refractivity contribution in [2.45, 2.75) is 25.8 Å². The molecule has 1 aliphatic rings. The van der Waals surface area contributed by atoms with Crippen molar-refractivity contribution in [2.24, 2.45) is 0 Å². The molecule has 0 aliphatic carbocycles. The molecule has 0 unspecified atom stereocenters. The summed E-state index contributed by atoms with van der Waals surface area (Å²) in [5, 5.41) is 20.3. The summed E-state index contributed by atoms with van der Waals surface area (Å²) in [5.41, 5.74) is 4.80. The predicted molar refractivity (Wildman–Crippen MR) is 116 cm³/mol. The Balaban J connectivity index is 1.45. The number of nitrogens with one attached hydrogen (secondary N) is 3. The molecule has 0 bridgehead atoms. The van der Waals surface area contributed by atoms with E-state index in [-0.39, 0.29) is 0 Å². The lowest BCUT2D eigenvalue weighted by Gasteiger charge is -2.22. The molecule has 0 radical (unpaired) electrons. The van der Waals surface area contributed by atoms with Gasteiger partial charge in [0.25, 0.3) is 0 Å². The molecule has 0 amide bonds. The summed E-state index contributed by atoms with van der Waals surface area (Å²) in [6.45, 7) is 4.10. The van der Waals surface area contributed by atoms with Crippen molar-refractivity contribution in [3.05, 3.63) is 53.4 Å². The van der Waals surface area contributed by atoms with Gasteiger partial charge in [-0.15, -0.1) is 0 Å². The first-order valence-electron chi connectivity index (χ1n) is 9.79. The molecule has 8 heteroatoms. The van der Waals surface area contributed by atoms with Gasteiger partial charge < -0.3 is 10.6 Å². The van der Waals surface area contributed by atoms with Crippen LogP contribution in [0.2, 0.25) is 5.02 Å². The van der Waals surface area contributed by atoms with Crippen LogP contribution in [-0.4, -0.2) is 38.1 Å². The van der Waals surface area contributed by atoms with E-state index in [1.807, 2.05) is 37.5 Å². The lowest BCUT2D eigenvalue weighted by Crippen LogP contribution is -2.29. The highest BCUT2D eigenvalue weighted by Gasteiger charge is 2.17. The number of piperidine rings is 1. The number of hydrogen-bond donors (Lipinski definition) is 3. The van der Waals surface area contributed by atoms with Gasteiger partial charge in [0.1, 0.15) is 0 Å². The van der Waals surface area contributed by atoms with E-state index in [4.69, 9.17) is 11.6 Å². The number of aromatic nitrogens is 5. The molecular weight excluding hydrogens is 386 g/mol. The Morgan fingerprint density at radius 2 is 1.97 bits per heavy atom. The van der Waals surface area contributed by atoms with Gasteiger partial charge in [-0.25, -0.2) is 4.98 Å². The fourth-order valence-corrected chi connectivity index (χ4v) is 4.15. The Morgan fingerprint density at radius 1 is 1.10 bits per heavy atom. The van der Waals surface area contributed by atoms with Gasteiger partial charge in [-0.2, -0.15) is 10.2 Å². The predicted octanol–water partition coefficient (Wildman–Crippen LogP) is 4.45. The number of rotatable bonds is 4. The molecule has 5 rings (SSSR count). The molecule has 0 spiro atoms. The highest BCUT2D eigenvalue weighted by atomic mass is 35.5. The van der Waals surface area contributed by atoms with Gasteiger partial charge in [0, 0.05) is 34.2 Å². The number of fused-ring (bicyclic) bond motifs is 1. The van der Waals surface area contributed by atoms with E-state index in [1.165, 1.54) is 0 Å². The van der Waals surface area contributed by atoms with Gasteiger partial charge >= 0.3 is 0 Å². The highest BCUT2D eigenvalue weighted by Crippen LogP contribution is 2.29. The third kappa shape index (κ3) is 3.71. The number of nitrogens with zero attached hydrogens (tertiary/aromatic N) is 4. The summed E-state index contributed by atoms with van der Waals surface area (Å²) in [5.74, 6) is 0.724. The maximum absolute atomic E-state index is 6.19. The lowest BCUT2D eigenvalue weighted by molar-refractivity contribution is 0.343. The number of anilines is 2. The van der Waals surface area contributed by atoms with Crippen LogP contribution in [0, 0.1) is 6.92 Å². The minimum absolute atomic E-state index is 0.457. The van der Waals surface area contributed by atoms with E-state index in [2.05, 4.69) is 47.9 Å². The minimum Gasteiger partial charge on any atom is -0.338 e. The molecule has 1 fully saturated rings. The minimum atomic E-state index is 0.457. The second-order valence-corrected chi connectivity index (χ2v) is 7.96. The number of pyridine rings is 1. The van der Waals surface area contributed by atoms with E-state index >= 15 is 0 Å². The monoisotopic (exact) mass is 407 g/mol. The van der Waals surface area contributed by atoms with E-state index in [1.54, 1.807) is 0 Å². The van der Waals surface area contributed by atoms with Crippen molar-refractivity contribution >= 4 is 34.1 Å². The molecule has 3 N–H and O–H groups in total. The standard InChI is InChI=1S/C21H22ClN7/c1-13-6-16(22)9-17(7-13)26-21-19-8-14(10-24-20(19)27-28-21)15-11-25-29(12-15)18-2-4-23-5-3-18/h6-12,18,23H,2-5H2,1H3,(H2,24,26,27,28). The maximum atomic E-state index is 6.19. The normalized spacial score (nSPS) is 15.1. The molecule has 3 aromatic heterocycles. The summed E-state index contributed by atoms with van der Waals surface area (Å²) < 4.78 is 2.09. The Bertz CT molecular complexity index is 1140. The molecule has 1 saturated heterocycles. The zero-order valence-electron chi connectivity index (χ0n) is 16.1. The zero-order chi connectivity index (χ0) is 19.8. The van der Waals surface area contributed by atoms with Crippen LogP contribution >= 0.6 is 11.6 Å². The van der Waals surface area contributed by atoms with E-state index in [0.29, 0.717) is 11.1 Å². The third-order valence-electron chi connectivity index (χ3n) is 5.34. The molecule has 0 atom stereocenters. The van der Waals surface area contributed by atoms with Gasteiger partial charge in [0.2, 0.25) is 0 Å². The van der Waals surface area contributed by atoms with Crippen LogP contribution in [0.5, 0.6) is 0 Å². The van der Waals surface area contributed by atoms with Crippen LogP contribution in [0.25, 0.3) is 22.2 Å². The average molecular weight is 408 g/mol. The van der Waals surface area contributed by atoms with Crippen LogP contribution < -0.4 is 10.6 Å². The van der Waals surface area contributed by atoms with Gasteiger partial charge in [-0.1, -0.05) is 11.6 Å². The average Bonchev–Trinajstić information content (AvgIpc) is 3.35. The van der Waals surface area contributed by atoms with Gasteiger partial charge in [-0.3, -0.25) is 9.78 Å². The van der Waals surface area contributed by atoms with Crippen molar-refractivity contribution in [1.29, 1.82) is 0 Å². The first kappa shape index (κ1) is 18.1. The molecule has 1 aliphatic heterocycles. The quantitative estimate of drug-likeness (QED) is 0.465. The smallest absolute Gasteiger partial charge is 0.161 e. The molecule has 0 saturated carbocycles. The van der Waals surface area contributed by atoms with Crippen molar-refractivity contribution in [2.75, 3.05) is 18.4 Å². The van der Waals surface area contributed by atoms with Crippen LogP contribution in [0.15, 0.2) is 42.9 Å². The van der Waals surface area contributed by atoms with Crippen LogP contribution in [0.3, 0.4) is 0 Å². The summed E-state index contributed by atoms with van der Waals surface area (Å²) >= 11 is 6.19. The fraction of sp³-hybridized carbons (Fsp3) is 0.286. The summed E-state index contributed by atoms with van der Waals surface area (Å²) in [6.07, 6.45) is 8.10. The number of H-pyrrole nitrogens is 1. The van der Waals surface area contributed by atoms with E-state index in [0.717, 1.165) is 65.2 Å². The van der Waals surface area contributed by atoms with Gasteiger partial charge in [-0.05, 0) is 62.7 Å². The highest BCUT2D eigenvalue weighted by molar-refractivity contribution is 6.31. The van der Waals surface area contributed by atoms with Crippen LogP contribution in [-0.2, 0) is 0 Å². The van der Waals surface area contributed by atoms with Crippen molar-refractivity contribution in [1.82, 2.24) is 30.3 Å². The number of benzene rings is 1. The molecule has 7 nitrogen and oxygen atoms in total. The maximum Gasteiger partial charge on any atom is 0.161 e. The van der Waals surface area contributed by atoms with Crippen LogP contribution in [0.1, 0.15) is 24.4 Å². The zero-order valence-corrected chi connectivity index (χ0v) is 16.9. The Labute approximate surface area is 173 Å². The van der Waals surface area contributed by atoms with Crippen molar-refractivity contribution in [3.8, 4) is 11.1 Å². The van der Waals surface area contributed by atoms with E-state index in [9.17, 15) is 0 Å². The first-order valence-corrected chi connectivity index (χ1v) is 10.2. The summed E-state index contributed by atoms with van der Waals surface area (Å²) in [4.78, 5) is 4.55. The Hall–Kier alpha value is -2.90. The van der Waals surface area contributed by atoms with Crippen LogP contribution in [0.4, 0.5) is 11.5 Å². The van der Waals surface area contributed by atoms with Gasteiger partial charge in [0.15, 0.2) is 11.5 Å². The molecule has 4 aromatic rings. The molecule has 1 aromatic carbocycles. The first-order chi connectivity index (χ1) is 14.2. The lowest BCUT2D eigenvalue weighted by atomic mass is 10.1. The number of aryl methyl sites for hydroxylation is 1. The van der Waals surface area contributed by atoms with Crippen molar-refractivity contribution in [3.63, 3.8) is 0 Å². The topological polar surface area (TPSA) is 83.5 Å². The fourth-order valence-electron chi connectivity index (χ4n) is 3.86.